The fourth-order valence-electron chi connectivity index (χ4n) is 5.63. The molecule has 57 heavy (non-hydrogen) atoms. The molecule has 0 heterocycles. The standard InChI is InChI=1S/2C20H38O7S.Ni/c2*1-5-9-11-16(7-3)14-26-19(21)13-18(28(23,24)25)20(22)27-15-17(8-4)12-10-6-2;/h2*16-18H,5-15H2,1-4H3,(H,23,24,25);/q;;+2/p-2. The SMILES string of the molecule is CCCCC(CC)COC(=O)CC(C(=O)OCC(CC)CCCC)S(=O)(=O)[O-].CCCCC(CC)COC(=O)CC(C(=O)OCC(CC)CCCC)S(=O)(=O)[O-].[Ni+2]. The number of hydrogen-bond acceptors (Lipinski definition) is 14. The zero-order valence-corrected chi connectivity index (χ0v) is 38.5. The third-order valence-electron chi connectivity index (χ3n) is 9.98. The molecule has 14 nitrogen and oxygen atoms in total. The molecule has 0 fully saturated rings. The van der Waals surface area contributed by atoms with Crippen LogP contribution in [0, 0.1) is 23.7 Å². The van der Waals surface area contributed by atoms with Gasteiger partial charge in [0.15, 0.2) is 10.5 Å². The fraction of sp³-hybridized carbons (Fsp3) is 0.900. The van der Waals surface area contributed by atoms with Crippen molar-refractivity contribution in [3.8, 4) is 0 Å². The van der Waals surface area contributed by atoms with Gasteiger partial charge in [0, 0.05) is 0 Å². The summed E-state index contributed by atoms with van der Waals surface area (Å²) in [6.07, 6.45) is 13.2. The van der Waals surface area contributed by atoms with Crippen LogP contribution in [0.3, 0.4) is 0 Å². The molecular weight excluding hydrogens is 827 g/mol. The van der Waals surface area contributed by atoms with Gasteiger partial charge in [0.25, 0.3) is 0 Å². The van der Waals surface area contributed by atoms with Crippen molar-refractivity contribution in [3.63, 3.8) is 0 Å². The molecule has 0 N–H and O–H groups in total. The molecule has 0 saturated carbocycles. The van der Waals surface area contributed by atoms with E-state index in [1.807, 2.05) is 27.7 Å². The van der Waals surface area contributed by atoms with Crippen molar-refractivity contribution >= 4 is 44.1 Å². The molecule has 0 bridgehead atoms. The maximum atomic E-state index is 12.1. The Morgan fingerprint density at radius 2 is 0.667 bits per heavy atom. The second-order valence-electron chi connectivity index (χ2n) is 14.7. The van der Waals surface area contributed by atoms with Crippen molar-refractivity contribution in [1.29, 1.82) is 0 Å². The largest absolute Gasteiger partial charge is 2.00 e. The van der Waals surface area contributed by atoms with E-state index < -0.39 is 67.5 Å². The van der Waals surface area contributed by atoms with Gasteiger partial charge in [-0.05, 0) is 49.4 Å². The molecule has 6 unspecified atom stereocenters. The molecule has 0 aromatic heterocycles. The van der Waals surface area contributed by atoms with Crippen LogP contribution in [0.1, 0.15) is 171 Å². The van der Waals surface area contributed by atoms with Gasteiger partial charge in [-0.3, -0.25) is 19.2 Å². The molecule has 0 aliphatic heterocycles. The number of carbonyl (C=O) groups is 4. The zero-order chi connectivity index (χ0) is 43.2. The molecular formula is C40H74NiO14S2. The minimum Gasteiger partial charge on any atom is -0.747 e. The monoisotopic (exact) mass is 900 g/mol. The van der Waals surface area contributed by atoms with Crippen LogP contribution < -0.4 is 0 Å². The summed E-state index contributed by atoms with van der Waals surface area (Å²) < 4.78 is 89.1. The van der Waals surface area contributed by atoms with Gasteiger partial charge in [-0.15, -0.1) is 0 Å². The van der Waals surface area contributed by atoms with E-state index in [9.17, 15) is 45.1 Å². The van der Waals surface area contributed by atoms with Crippen LogP contribution >= 0.6 is 0 Å². The quantitative estimate of drug-likeness (QED) is 0.0275. The Labute approximate surface area is 354 Å². The predicted octanol–water partition coefficient (Wildman–Crippen LogP) is 7.62. The topological polar surface area (TPSA) is 220 Å². The van der Waals surface area contributed by atoms with Crippen molar-refractivity contribution in [2.75, 3.05) is 26.4 Å². The van der Waals surface area contributed by atoms with Crippen LogP contribution in [0.25, 0.3) is 0 Å². The molecule has 0 rings (SSSR count). The molecule has 0 amide bonds. The number of ether oxygens (including phenoxy) is 4. The van der Waals surface area contributed by atoms with Crippen LogP contribution in [-0.4, -0.2) is 86.7 Å². The molecule has 0 radical (unpaired) electrons. The van der Waals surface area contributed by atoms with Gasteiger partial charge in [0.05, 0.1) is 39.3 Å². The average molecular weight is 902 g/mol. The van der Waals surface area contributed by atoms with Crippen LogP contribution in [-0.2, 0) is 74.9 Å². The average Bonchev–Trinajstić information content (AvgIpc) is 3.15. The first-order chi connectivity index (χ1) is 26.4. The van der Waals surface area contributed by atoms with E-state index in [0.29, 0.717) is 0 Å². The number of esters is 4. The van der Waals surface area contributed by atoms with E-state index in [2.05, 4.69) is 27.7 Å². The van der Waals surface area contributed by atoms with E-state index in [-0.39, 0.29) is 66.6 Å². The normalized spacial score (nSPS) is 14.6. The van der Waals surface area contributed by atoms with E-state index in [0.717, 1.165) is 103 Å². The van der Waals surface area contributed by atoms with E-state index in [4.69, 9.17) is 18.9 Å². The van der Waals surface area contributed by atoms with Gasteiger partial charge in [-0.2, -0.15) is 0 Å². The van der Waals surface area contributed by atoms with Crippen LogP contribution in [0.2, 0.25) is 0 Å². The Hall–Kier alpha value is -1.81. The van der Waals surface area contributed by atoms with E-state index in [1.54, 1.807) is 0 Å². The first kappa shape index (κ1) is 59.5. The van der Waals surface area contributed by atoms with Gasteiger partial charge >= 0.3 is 40.4 Å². The van der Waals surface area contributed by atoms with Crippen molar-refractivity contribution in [1.82, 2.24) is 0 Å². The summed E-state index contributed by atoms with van der Waals surface area (Å²) in [5.41, 5.74) is 0. The molecule has 0 saturated heterocycles. The molecule has 0 aromatic rings. The maximum absolute atomic E-state index is 12.1. The summed E-state index contributed by atoms with van der Waals surface area (Å²) in [6.45, 7) is 16.5. The Kier molecular flexibility index (Phi) is 36.5. The number of rotatable bonds is 32. The second-order valence-corrected chi connectivity index (χ2v) is 17.8. The Morgan fingerprint density at radius 1 is 0.439 bits per heavy atom. The molecule has 0 aliphatic rings. The molecule has 340 valence electrons. The summed E-state index contributed by atoms with van der Waals surface area (Å²) in [4.78, 5) is 48.3. The van der Waals surface area contributed by atoms with Crippen LogP contribution in [0.5, 0.6) is 0 Å². The number of hydrogen-bond donors (Lipinski definition) is 0. The summed E-state index contributed by atoms with van der Waals surface area (Å²) in [5, 5.41) is -4.11. The third-order valence-corrected chi connectivity index (χ3v) is 12.1. The summed E-state index contributed by atoms with van der Waals surface area (Å²) in [7, 11) is -10.0. The zero-order valence-electron chi connectivity index (χ0n) is 35.9. The minimum absolute atomic E-state index is 0. The molecule has 17 heteroatoms. The van der Waals surface area contributed by atoms with E-state index in [1.165, 1.54) is 0 Å². The smallest absolute Gasteiger partial charge is 0.747 e. The first-order valence-corrected chi connectivity index (χ1v) is 23.9. The van der Waals surface area contributed by atoms with Gasteiger partial charge in [-0.1, -0.05) is 132 Å². The maximum Gasteiger partial charge on any atom is 2.00 e. The number of unbranched alkanes of at least 4 members (excludes halogenated alkanes) is 4. The second kappa shape index (κ2) is 35.0. The van der Waals surface area contributed by atoms with Crippen molar-refractivity contribution < 1.29 is 80.6 Å². The molecule has 0 spiro atoms. The van der Waals surface area contributed by atoms with Gasteiger partial charge < -0.3 is 28.1 Å². The number of carbonyl (C=O) groups excluding carboxylic acids is 4. The summed E-state index contributed by atoms with van der Waals surface area (Å²) in [6, 6.07) is 0. The predicted molar refractivity (Wildman–Crippen MR) is 213 cm³/mol. The van der Waals surface area contributed by atoms with Gasteiger partial charge in [-0.25, -0.2) is 16.8 Å². The van der Waals surface area contributed by atoms with Crippen molar-refractivity contribution in [3.05, 3.63) is 0 Å². The minimum atomic E-state index is -5.01. The molecule has 0 aliphatic carbocycles. The first-order valence-electron chi connectivity index (χ1n) is 20.9. The van der Waals surface area contributed by atoms with E-state index >= 15 is 0 Å². The molecule has 6 atom stereocenters. The van der Waals surface area contributed by atoms with Crippen molar-refractivity contribution in [2.45, 2.75) is 181 Å². The molecule has 0 aromatic carbocycles. The van der Waals surface area contributed by atoms with Gasteiger partial charge in [0.2, 0.25) is 0 Å². The Morgan fingerprint density at radius 3 is 0.860 bits per heavy atom. The van der Waals surface area contributed by atoms with Crippen LogP contribution in [0.4, 0.5) is 0 Å². The van der Waals surface area contributed by atoms with Crippen LogP contribution in [0.15, 0.2) is 0 Å². The third kappa shape index (κ3) is 30.0. The summed E-state index contributed by atoms with van der Waals surface area (Å²) in [5.74, 6) is -3.49. The Balaban J connectivity index is -0.00000101. The van der Waals surface area contributed by atoms with Crippen molar-refractivity contribution in [2.24, 2.45) is 23.7 Å². The Bertz CT molecular complexity index is 1190. The summed E-state index contributed by atoms with van der Waals surface area (Å²) >= 11 is 0. The fourth-order valence-corrected chi connectivity index (χ4v) is 6.91. The van der Waals surface area contributed by atoms with Gasteiger partial charge in [0.1, 0.15) is 20.2 Å².